The minimum Gasteiger partial charge on any atom is -0.381 e. The van der Waals surface area contributed by atoms with Crippen molar-refractivity contribution in [2.75, 3.05) is 23.8 Å². The van der Waals surface area contributed by atoms with Gasteiger partial charge in [0, 0.05) is 42.7 Å². The molecule has 3 aliphatic rings. The van der Waals surface area contributed by atoms with E-state index >= 15 is 0 Å². The number of fused-ring (bicyclic) bond motifs is 2. The number of amides is 1. The van der Waals surface area contributed by atoms with Crippen LogP contribution in [-0.2, 0) is 16.1 Å². The van der Waals surface area contributed by atoms with Crippen molar-refractivity contribution in [1.82, 2.24) is 5.32 Å². The van der Waals surface area contributed by atoms with E-state index in [1.54, 1.807) is 0 Å². The number of ether oxygens (including phenoxy) is 1. The van der Waals surface area contributed by atoms with Crippen LogP contribution in [0.2, 0.25) is 0 Å². The van der Waals surface area contributed by atoms with Gasteiger partial charge in [-0.2, -0.15) is 0 Å². The summed E-state index contributed by atoms with van der Waals surface area (Å²) in [5.74, 6) is -0.0610. The maximum absolute atomic E-state index is 12.5. The third kappa shape index (κ3) is 3.23. The number of anilines is 2. The molecule has 0 bridgehead atoms. The molecule has 0 saturated carbocycles. The second-order valence-electron chi connectivity index (χ2n) is 7.44. The number of rotatable bonds is 3. The van der Waals surface area contributed by atoms with Crippen molar-refractivity contribution in [2.45, 2.75) is 25.4 Å². The van der Waals surface area contributed by atoms with Crippen LogP contribution >= 0.6 is 0 Å². The lowest BCUT2D eigenvalue weighted by Crippen LogP contribution is -2.34. The molecule has 3 N–H and O–H groups in total. The number of carbonyl (C=O) groups is 1. The van der Waals surface area contributed by atoms with Gasteiger partial charge < -0.3 is 20.7 Å². The second kappa shape index (κ2) is 7.26. The Morgan fingerprint density at radius 2 is 1.86 bits per heavy atom. The second-order valence-corrected chi connectivity index (χ2v) is 7.44. The predicted octanol–water partition coefficient (Wildman–Crippen LogP) is 3.76. The fourth-order valence-electron chi connectivity index (χ4n) is 4.03. The van der Waals surface area contributed by atoms with E-state index in [0.29, 0.717) is 11.6 Å². The molecule has 1 saturated heterocycles. The van der Waals surface area contributed by atoms with Gasteiger partial charge >= 0.3 is 0 Å². The van der Waals surface area contributed by atoms with Crippen LogP contribution in [0.1, 0.15) is 29.5 Å². The Morgan fingerprint density at radius 1 is 1.00 bits per heavy atom. The Balaban J connectivity index is 1.36. The maximum Gasteiger partial charge on any atom is 0.258 e. The topological polar surface area (TPSA) is 62.4 Å². The van der Waals surface area contributed by atoms with Crippen LogP contribution in [0, 0.1) is 0 Å². The van der Waals surface area contributed by atoms with Gasteiger partial charge in [0.25, 0.3) is 5.91 Å². The highest BCUT2D eigenvalue weighted by molar-refractivity contribution is 6.33. The Labute approximate surface area is 164 Å². The first-order chi connectivity index (χ1) is 13.8. The number of nitrogens with one attached hydrogen (secondary N) is 3. The molecule has 0 atom stereocenters. The third-order valence-electron chi connectivity index (χ3n) is 5.57. The normalized spacial score (nSPS) is 21.1. The van der Waals surface area contributed by atoms with E-state index in [4.69, 9.17) is 4.74 Å². The molecule has 2 aromatic rings. The summed E-state index contributed by atoms with van der Waals surface area (Å²) in [6, 6.07) is 14.8. The molecule has 1 fully saturated rings. The van der Waals surface area contributed by atoms with E-state index < -0.39 is 0 Å². The SMILES string of the molecule is O=C1Nc2ccccc2/C1=C1\C=Cc2cc(CNC3CCOCC3)ccc2N1. The van der Waals surface area contributed by atoms with Crippen molar-refractivity contribution in [1.29, 1.82) is 0 Å². The van der Waals surface area contributed by atoms with E-state index in [2.05, 4.69) is 40.2 Å². The van der Waals surface area contributed by atoms with Crippen LogP contribution in [-0.4, -0.2) is 25.2 Å². The van der Waals surface area contributed by atoms with Gasteiger partial charge in [-0.25, -0.2) is 0 Å². The maximum atomic E-state index is 12.5. The zero-order valence-corrected chi connectivity index (χ0v) is 15.6. The number of para-hydroxylation sites is 1. The first-order valence-corrected chi connectivity index (χ1v) is 9.82. The molecule has 0 radical (unpaired) electrons. The summed E-state index contributed by atoms with van der Waals surface area (Å²) < 4.78 is 5.42. The van der Waals surface area contributed by atoms with Crippen molar-refractivity contribution in [2.24, 2.45) is 0 Å². The predicted molar refractivity (Wildman–Crippen MR) is 112 cm³/mol. The molecule has 5 rings (SSSR count). The van der Waals surface area contributed by atoms with Gasteiger partial charge in [-0.15, -0.1) is 0 Å². The number of benzene rings is 2. The molecule has 3 heterocycles. The molecule has 0 spiro atoms. The van der Waals surface area contributed by atoms with E-state index in [1.807, 2.05) is 30.3 Å². The van der Waals surface area contributed by atoms with Crippen LogP contribution in [0.15, 0.2) is 54.2 Å². The lowest BCUT2D eigenvalue weighted by Gasteiger charge is -2.24. The zero-order valence-electron chi connectivity index (χ0n) is 15.6. The number of allylic oxidation sites excluding steroid dienone is 1. The Kier molecular flexibility index (Phi) is 4.47. The molecule has 142 valence electrons. The summed E-state index contributed by atoms with van der Waals surface area (Å²) in [4.78, 5) is 12.5. The molecule has 5 heteroatoms. The van der Waals surface area contributed by atoms with Crippen LogP contribution < -0.4 is 16.0 Å². The Hall–Kier alpha value is -2.89. The van der Waals surface area contributed by atoms with Crippen molar-refractivity contribution in [3.8, 4) is 0 Å². The molecule has 0 unspecified atom stereocenters. The highest BCUT2D eigenvalue weighted by atomic mass is 16.5. The molecule has 28 heavy (non-hydrogen) atoms. The zero-order chi connectivity index (χ0) is 18.9. The largest absolute Gasteiger partial charge is 0.381 e. The fraction of sp³-hybridized carbons (Fsp3) is 0.261. The number of carbonyl (C=O) groups excluding carboxylic acids is 1. The smallest absolute Gasteiger partial charge is 0.258 e. The summed E-state index contributed by atoms with van der Waals surface area (Å²) in [5.41, 5.74) is 6.77. The monoisotopic (exact) mass is 373 g/mol. The van der Waals surface area contributed by atoms with Gasteiger partial charge in [0.15, 0.2) is 0 Å². The summed E-state index contributed by atoms with van der Waals surface area (Å²) in [6.45, 7) is 2.56. The summed E-state index contributed by atoms with van der Waals surface area (Å²) in [6.07, 6.45) is 6.23. The van der Waals surface area contributed by atoms with Gasteiger partial charge in [-0.1, -0.05) is 30.3 Å². The minimum absolute atomic E-state index is 0.0610. The van der Waals surface area contributed by atoms with E-state index in [1.165, 1.54) is 5.56 Å². The van der Waals surface area contributed by atoms with Crippen LogP contribution in [0.25, 0.3) is 11.6 Å². The van der Waals surface area contributed by atoms with Gasteiger partial charge in [0.05, 0.1) is 11.3 Å². The lowest BCUT2D eigenvalue weighted by molar-refractivity contribution is -0.110. The third-order valence-corrected chi connectivity index (χ3v) is 5.57. The standard InChI is InChI=1S/C23H23N3O2/c27-23-22(18-3-1-2-4-20(18)26-23)21-8-6-16-13-15(5-7-19(16)25-21)14-24-17-9-11-28-12-10-17/h1-8,13,17,24-25H,9-12,14H2,(H,26,27)/b22-21-. The van der Waals surface area contributed by atoms with E-state index in [-0.39, 0.29) is 5.91 Å². The quantitative estimate of drug-likeness (QED) is 0.717. The molecular weight excluding hydrogens is 350 g/mol. The minimum atomic E-state index is -0.0610. The van der Waals surface area contributed by atoms with Gasteiger partial charge in [-0.3, -0.25) is 4.79 Å². The summed E-state index contributed by atoms with van der Waals surface area (Å²) >= 11 is 0. The van der Waals surface area contributed by atoms with Crippen molar-refractivity contribution in [3.63, 3.8) is 0 Å². The van der Waals surface area contributed by atoms with Crippen molar-refractivity contribution < 1.29 is 9.53 Å². The molecule has 0 aromatic heterocycles. The molecule has 1 amide bonds. The van der Waals surface area contributed by atoms with E-state index in [9.17, 15) is 4.79 Å². The summed E-state index contributed by atoms with van der Waals surface area (Å²) in [5, 5.41) is 10.0. The van der Waals surface area contributed by atoms with Gasteiger partial charge in [0.1, 0.15) is 0 Å². The highest BCUT2D eigenvalue weighted by Crippen LogP contribution is 2.36. The number of hydrogen-bond donors (Lipinski definition) is 3. The highest BCUT2D eigenvalue weighted by Gasteiger charge is 2.27. The average Bonchev–Trinajstić information content (AvgIpc) is 3.08. The van der Waals surface area contributed by atoms with Crippen molar-refractivity contribution in [3.05, 3.63) is 70.9 Å². The molecule has 5 nitrogen and oxygen atoms in total. The molecule has 3 aliphatic heterocycles. The summed E-state index contributed by atoms with van der Waals surface area (Å²) in [7, 11) is 0. The Bertz CT molecular complexity index is 987. The number of hydrogen-bond acceptors (Lipinski definition) is 4. The average molecular weight is 373 g/mol. The van der Waals surface area contributed by atoms with Crippen LogP contribution in [0.5, 0.6) is 0 Å². The Morgan fingerprint density at radius 3 is 2.75 bits per heavy atom. The lowest BCUT2D eigenvalue weighted by atomic mass is 9.99. The van der Waals surface area contributed by atoms with Crippen molar-refractivity contribution >= 4 is 28.9 Å². The first kappa shape index (κ1) is 17.2. The molecular formula is C23H23N3O2. The van der Waals surface area contributed by atoms with Crippen LogP contribution in [0.3, 0.4) is 0 Å². The van der Waals surface area contributed by atoms with Gasteiger partial charge in [-0.05, 0) is 48.2 Å². The fourth-order valence-corrected chi connectivity index (χ4v) is 4.03. The van der Waals surface area contributed by atoms with Gasteiger partial charge in [0.2, 0.25) is 0 Å². The molecule has 0 aliphatic carbocycles. The first-order valence-electron chi connectivity index (χ1n) is 9.82. The molecule has 2 aromatic carbocycles. The van der Waals surface area contributed by atoms with E-state index in [0.717, 1.165) is 60.8 Å². The van der Waals surface area contributed by atoms with Crippen LogP contribution in [0.4, 0.5) is 11.4 Å².